The molecule has 20 heavy (non-hydrogen) atoms. The van der Waals surface area contributed by atoms with Crippen molar-refractivity contribution in [2.24, 2.45) is 5.73 Å². The van der Waals surface area contributed by atoms with Crippen molar-refractivity contribution in [2.45, 2.75) is 44.9 Å². The Kier molecular flexibility index (Phi) is 5.56. The van der Waals surface area contributed by atoms with E-state index in [0.29, 0.717) is 13.0 Å². The third-order valence-corrected chi connectivity index (χ3v) is 3.62. The van der Waals surface area contributed by atoms with Gasteiger partial charge in [0.25, 0.3) is 0 Å². The van der Waals surface area contributed by atoms with Gasteiger partial charge in [-0.3, -0.25) is 4.79 Å². The minimum atomic E-state index is -0.0606. The molecule has 1 amide bonds. The Hall–Kier alpha value is -1.39. The minimum Gasteiger partial charge on any atom is -0.373 e. The molecule has 1 atom stereocenters. The van der Waals surface area contributed by atoms with Crippen LogP contribution in [0.25, 0.3) is 0 Å². The van der Waals surface area contributed by atoms with Crippen molar-refractivity contribution in [1.29, 1.82) is 0 Å². The van der Waals surface area contributed by atoms with E-state index >= 15 is 0 Å². The predicted octanol–water partition coefficient (Wildman–Crippen LogP) is 1.93. The van der Waals surface area contributed by atoms with Crippen LogP contribution in [-0.2, 0) is 16.1 Å². The van der Waals surface area contributed by atoms with E-state index in [4.69, 9.17) is 10.5 Å². The number of hydrogen-bond acceptors (Lipinski definition) is 3. The SMILES string of the molecule is CC(N)CC(=O)N1CCC(OCc2ccccc2)CC1. The van der Waals surface area contributed by atoms with E-state index in [1.807, 2.05) is 30.0 Å². The van der Waals surface area contributed by atoms with Gasteiger partial charge in [0.1, 0.15) is 0 Å². The van der Waals surface area contributed by atoms with Crippen molar-refractivity contribution in [3.63, 3.8) is 0 Å². The van der Waals surface area contributed by atoms with Crippen LogP contribution in [0.4, 0.5) is 0 Å². The summed E-state index contributed by atoms with van der Waals surface area (Å²) in [5.74, 6) is 0.168. The highest BCUT2D eigenvalue weighted by Crippen LogP contribution is 2.16. The van der Waals surface area contributed by atoms with Crippen molar-refractivity contribution >= 4 is 5.91 Å². The number of ether oxygens (including phenoxy) is 1. The molecule has 2 rings (SSSR count). The Bertz CT molecular complexity index is 412. The first-order chi connectivity index (χ1) is 9.65. The second-order valence-electron chi connectivity index (χ2n) is 5.56. The van der Waals surface area contributed by atoms with Gasteiger partial charge in [-0.2, -0.15) is 0 Å². The summed E-state index contributed by atoms with van der Waals surface area (Å²) in [5.41, 5.74) is 6.86. The van der Waals surface area contributed by atoms with E-state index in [9.17, 15) is 4.79 Å². The Balaban J connectivity index is 1.70. The van der Waals surface area contributed by atoms with Crippen LogP contribution < -0.4 is 5.73 Å². The highest BCUT2D eigenvalue weighted by atomic mass is 16.5. The molecule has 0 saturated carbocycles. The summed E-state index contributed by atoms with van der Waals surface area (Å²) in [4.78, 5) is 13.8. The first-order valence-electron chi connectivity index (χ1n) is 7.34. The zero-order valence-corrected chi connectivity index (χ0v) is 12.1. The standard InChI is InChI=1S/C16H24N2O2/c1-13(17)11-16(19)18-9-7-15(8-10-18)20-12-14-5-3-2-4-6-14/h2-6,13,15H,7-12,17H2,1H3. The van der Waals surface area contributed by atoms with Crippen molar-refractivity contribution in [1.82, 2.24) is 4.90 Å². The van der Waals surface area contributed by atoms with Crippen molar-refractivity contribution in [2.75, 3.05) is 13.1 Å². The van der Waals surface area contributed by atoms with Crippen LogP contribution in [0.3, 0.4) is 0 Å². The number of carbonyl (C=O) groups excluding carboxylic acids is 1. The topological polar surface area (TPSA) is 55.6 Å². The molecule has 1 unspecified atom stereocenters. The zero-order chi connectivity index (χ0) is 14.4. The molecular formula is C16H24N2O2. The van der Waals surface area contributed by atoms with E-state index < -0.39 is 0 Å². The van der Waals surface area contributed by atoms with E-state index in [1.165, 1.54) is 5.56 Å². The number of likely N-dealkylation sites (tertiary alicyclic amines) is 1. The summed E-state index contributed by atoms with van der Waals surface area (Å²) in [6.45, 7) is 4.09. The van der Waals surface area contributed by atoms with Crippen LogP contribution in [-0.4, -0.2) is 36.0 Å². The van der Waals surface area contributed by atoms with Gasteiger partial charge in [0.15, 0.2) is 0 Å². The first kappa shape index (κ1) is 15.0. The van der Waals surface area contributed by atoms with Gasteiger partial charge >= 0.3 is 0 Å². The quantitative estimate of drug-likeness (QED) is 0.894. The number of amides is 1. The Morgan fingerprint density at radius 2 is 2.00 bits per heavy atom. The number of hydrogen-bond donors (Lipinski definition) is 1. The Morgan fingerprint density at radius 1 is 1.35 bits per heavy atom. The fourth-order valence-corrected chi connectivity index (χ4v) is 2.46. The van der Waals surface area contributed by atoms with Gasteiger partial charge in [-0.15, -0.1) is 0 Å². The maximum atomic E-state index is 11.9. The smallest absolute Gasteiger partial charge is 0.224 e. The van der Waals surface area contributed by atoms with Gasteiger partial charge in [0.2, 0.25) is 5.91 Å². The van der Waals surface area contributed by atoms with Crippen LogP contribution in [0.15, 0.2) is 30.3 Å². The fraction of sp³-hybridized carbons (Fsp3) is 0.562. The summed E-state index contributed by atoms with van der Waals surface area (Å²) >= 11 is 0. The van der Waals surface area contributed by atoms with E-state index in [0.717, 1.165) is 25.9 Å². The summed E-state index contributed by atoms with van der Waals surface area (Å²) in [7, 11) is 0. The lowest BCUT2D eigenvalue weighted by Gasteiger charge is -2.32. The van der Waals surface area contributed by atoms with Crippen molar-refractivity contribution < 1.29 is 9.53 Å². The summed E-state index contributed by atoms with van der Waals surface area (Å²) in [6, 6.07) is 10.1. The second-order valence-corrected chi connectivity index (χ2v) is 5.56. The van der Waals surface area contributed by atoms with Gasteiger partial charge in [-0.25, -0.2) is 0 Å². The molecule has 0 aliphatic carbocycles. The van der Waals surface area contributed by atoms with Gasteiger partial charge in [-0.1, -0.05) is 30.3 Å². The van der Waals surface area contributed by atoms with Crippen LogP contribution in [0, 0.1) is 0 Å². The number of benzene rings is 1. The number of carbonyl (C=O) groups is 1. The summed E-state index contributed by atoms with van der Waals surface area (Å²) in [5, 5.41) is 0. The molecule has 1 aliphatic rings. The van der Waals surface area contributed by atoms with E-state index in [2.05, 4.69) is 12.1 Å². The Morgan fingerprint density at radius 3 is 2.60 bits per heavy atom. The lowest BCUT2D eigenvalue weighted by atomic mass is 10.1. The monoisotopic (exact) mass is 276 g/mol. The molecule has 1 aliphatic heterocycles. The molecule has 1 fully saturated rings. The molecule has 2 N–H and O–H groups in total. The average Bonchev–Trinajstić information content (AvgIpc) is 2.46. The third-order valence-electron chi connectivity index (χ3n) is 3.62. The summed E-state index contributed by atoms with van der Waals surface area (Å²) < 4.78 is 5.92. The summed E-state index contributed by atoms with van der Waals surface area (Å²) in [6.07, 6.45) is 2.53. The highest BCUT2D eigenvalue weighted by Gasteiger charge is 2.23. The second kappa shape index (κ2) is 7.41. The minimum absolute atomic E-state index is 0.0606. The van der Waals surface area contributed by atoms with Gasteiger partial charge < -0.3 is 15.4 Å². The number of piperidine rings is 1. The molecule has 110 valence electrons. The van der Waals surface area contributed by atoms with Crippen molar-refractivity contribution in [3.05, 3.63) is 35.9 Å². The van der Waals surface area contributed by atoms with Crippen LogP contribution in [0.5, 0.6) is 0 Å². The van der Waals surface area contributed by atoms with Crippen LogP contribution in [0.2, 0.25) is 0 Å². The first-order valence-corrected chi connectivity index (χ1v) is 7.34. The van der Waals surface area contributed by atoms with Gasteiger partial charge in [0.05, 0.1) is 12.7 Å². The van der Waals surface area contributed by atoms with E-state index in [1.54, 1.807) is 0 Å². The largest absolute Gasteiger partial charge is 0.373 e. The van der Waals surface area contributed by atoms with Gasteiger partial charge in [0, 0.05) is 25.6 Å². The van der Waals surface area contributed by atoms with Crippen molar-refractivity contribution in [3.8, 4) is 0 Å². The number of rotatable bonds is 5. The number of nitrogens with zero attached hydrogens (tertiary/aromatic N) is 1. The average molecular weight is 276 g/mol. The Labute approximate surface area is 120 Å². The normalized spacial score (nSPS) is 18.0. The molecule has 1 aromatic rings. The molecule has 0 bridgehead atoms. The lowest BCUT2D eigenvalue weighted by molar-refractivity contribution is -0.134. The highest BCUT2D eigenvalue weighted by molar-refractivity contribution is 5.76. The van der Waals surface area contributed by atoms with Gasteiger partial charge in [-0.05, 0) is 25.3 Å². The fourth-order valence-electron chi connectivity index (χ4n) is 2.46. The molecular weight excluding hydrogens is 252 g/mol. The third kappa shape index (κ3) is 4.62. The molecule has 1 heterocycles. The maximum absolute atomic E-state index is 11.9. The maximum Gasteiger partial charge on any atom is 0.224 e. The molecule has 0 aromatic heterocycles. The molecule has 1 aromatic carbocycles. The van der Waals surface area contributed by atoms with Crippen LogP contribution >= 0.6 is 0 Å². The molecule has 0 spiro atoms. The molecule has 4 heteroatoms. The lowest BCUT2D eigenvalue weighted by Crippen LogP contribution is -2.42. The van der Waals surface area contributed by atoms with E-state index in [-0.39, 0.29) is 18.1 Å². The molecule has 1 saturated heterocycles. The predicted molar refractivity (Wildman–Crippen MR) is 79.1 cm³/mol. The molecule has 4 nitrogen and oxygen atoms in total. The number of nitrogens with two attached hydrogens (primary N) is 1. The van der Waals surface area contributed by atoms with Crippen LogP contribution in [0.1, 0.15) is 31.7 Å². The zero-order valence-electron chi connectivity index (χ0n) is 12.1. The molecule has 0 radical (unpaired) electrons.